The highest BCUT2D eigenvalue weighted by Gasteiger charge is 2.36. The molecular formula is C28H36O4S4. The third-order valence-corrected chi connectivity index (χ3v) is 11.0. The average Bonchev–Trinajstić information content (AvgIpc) is 3.52. The van der Waals surface area contributed by atoms with Gasteiger partial charge in [-0.25, -0.2) is 9.59 Å². The van der Waals surface area contributed by atoms with Gasteiger partial charge in [0.25, 0.3) is 0 Å². The molecule has 2 heterocycles. The fraction of sp³-hybridized carbons (Fsp3) is 0.571. The first-order valence-electron chi connectivity index (χ1n) is 12.8. The quantitative estimate of drug-likeness (QED) is 0.105. The summed E-state index contributed by atoms with van der Waals surface area (Å²) in [5.41, 5.74) is 0. The molecule has 0 N–H and O–H groups in total. The molecule has 0 fully saturated rings. The van der Waals surface area contributed by atoms with Gasteiger partial charge in [0.1, 0.15) is 9.81 Å². The highest BCUT2D eigenvalue weighted by molar-refractivity contribution is 8.34. The Balaban J connectivity index is 1.99. The molecule has 0 aromatic carbocycles. The van der Waals surface area contributed by atoms with Gasteiger partial charge in [0, 0.05) is 0 Å². The monoisotopic (exact) mass is 564 g/mol. The minimum atomic E-state index is -0.474. The minimum Gasteiger partial charge on any atom is -0.462 e. The number of carbonyl (C=O) groups is 2. The lowest BCUT2D eigenvalue weighted by molar-refractivity contribution is -0.141. The Morgan fingerprint density at radius 3 is 1.36 bits per heavy atom. The lowest BCUT2D eigenvalue weighted by Crippen LogP contribution is -2.12. The van der Waals surface area contributed by atoms with Crippen molar-refractivity contribution in [1.82, 2.24) is 0 Å². The number of hydrogen-bond donors (Lipinski definition) is 0. The summed E-state index contributed by atoms with van der Waals surface area (Å²) in [6.07, 6.45) is 24.4. The molecule has 0 unspecified atom stereocenters. The molecule has 4 nitrogen and oxygen atoms in total. The second-order valence-electron chi connectivity index (χ2n) is 8.40. The predicted molar refractivity (Wildman–Crippen MR) is 158 cm³/mol. The first-order chi connectivity index (χ1) is 17.5. The number of carbonyl (C=O) groups excluding carboxylic acids is 2. The third kappa shape index (κ3) is 10.2. The molecule has 36 heavy (non-hydrogen) atoms. The highest BCUT2D eigenvalue weighted by atomic mass is 32.2. The fourth-order valence-corrected chi connectivity index (χ4v) is 8.41. The van der Waals surface area contributed by atoms with Gasteiger partial charge in [0.2, 0.25) is 0 Å². The van der Waals surface area contributed by atoms with E-state index in [4.69, 9.17) is 22.3 Å². The van der Waals surface area contributed by atoms with Crippen LogP contribution in [0.25, 0.3) is 0 Å². The summed E-state index contributed by atoms with van der Waals surface area (Å²) in [5, 5.41) is 0. The van der Waals surface area contributed by atoms with E-state index in [0.717, 1.165) is 47.0 Å². The normalized spacial score (nSPS) is 15.3. The van der Waals surface area contributed by atoms with Crippen molar-refractivity contribution in [2.75, 3.05) is 13.2 Å². The summed E-state index contributed by atoms with van der Waals surface area (Å²) in [7, 11) is 0. The molecule has 2 rings (SSSR count). The molecule has 0 saturated heterocycles. The molecule has 2 aliphatic rings. The van der Waals surface area contributed by atoms with Crippen LogP contribution in [0.15, 0.2) is 28.1 Å². The van der Waals surface area contributed by atoms with Crippen molar-refractivity contribution in [2.24, 2.45) is 0 Å². The van der Waals surface area contributed by atoms with Crippen molar-refractivity contribution in [3.05, 3.63) is 28.1 Å². The van der Waals surface area contributed by atoms with Gasteiger partial charge in [-0.05, 0) is 12.8 Å². The fourth-order valence-electron chi connectivity index (χ4n) is 3.45. The molecule has 0 aromatic heterocycles. The van der Waals surface area contributed by atoms with Gasteiger partial charge in [-0.3, -0.25) is 0 Å². The Morgan fingerprint density at radius 2 is 0.972 bits per heavy atom. The number of esters is 2. The molecule has 196 valence electrons. The number of allylic oxidation sites excluding steroid dienone is 2. The van der Waals surface area contributed by atoms with Crippen molar-refractivity contribution in [3.63, 3.8) is 0 Å². The number of rotatable bonds is 16. The van der Waals surface area contributed by atoms with Crippen LogP contribution in [0, 0.1) is 24.7 Å². The maximum Gasteiger partial charge on any atom is 0.346 e. The van der Waals surface area contributed by atoms with Gasteiger partial charge in [-0.15, -0.1) is 12.8 Å². The van der Waals surface area contributed by atoms with Gasteiger partial charge >= 0.3 is 11.9 Å². The van der Waals surface area contributed by atoms with Crippen molar-refractivity contribution in [1.29, 1.82) is 0 Å². The van der Waals surface area contributed by atoms with E-state index in [2.05, 4.69) is 25.7 Å². The number of terminal acetylenes is 2. The zero-order valence-corrected chi connectivity index (χ0v) is 24.6. The molecular weight excluding hydrogens is 529 g/mol. The van der Waals surface area contributed by atoms with Crippen LogP contribution in [0.4, 0.5) is 0 Å². The van der Waals surface area contributed by atoms with E-state index in [1.807, 2.05) is 0 Å². The Hall–Kier alpha value is -1.32. The first-order valence-corrected chi connectivity index (χ1v) is 16.0. The maximum atomic E-state index is 12.9. The summed E-state index contributed by atoms with van der Waals surface area (Å²) in [6, 6.07) is 0. The summed E-state index contributed by atoms with van der Waals surface area (Å²) in [5.74, 6) is 4.29. The van der Waals surface area contributed by atoms with E-state index in [9.17, 15) is 9.59 Å². The zero-order valence-electron chi connectivity index (χ0n) is 21.3. The second-order valence-corrected chi connectivity index (χ2v) is 13.0. The van der Waals surface area contributed by atoms with E-state index in [0.29, 0.717) is 32.8 Å². The molecule has 0 aliphatic carbocycles. The first kappa shape index (κ1) is 30.9. The molecule has 8 heteroatoms. The van der Waals surface area contributed by atoms with E-state index in [1.54, 1.807) is 0 Å². The van der Waals surface area contributed by atoms with Gasteiger partial charge in [0.15, 0.2) is 0 Å². The minimum absolute atomic E-state index is 0.291. The van der Waals surface area contributed by atoms with Gasteiger partial charge in [-0.2, -0.15) is 0 Å². The topological polar surface area (TPSA) is 52.6 Å². The van der Waals surface area contributed by atoms with Gasteiger partial charge in [0.05, 0.1) is 31.5 Å². The Labute approximate surface area is 234 Å². The Morgan fingerprint density at radius 1 is 0.611 bits per heavy atom. The summed E-state index contributed by atoms with van der Waals surface area (Å²) < 4.78 is 12.8. The van der Waals surface area contributed by atoms with Crippen LogP contribution in [0.1, 0.15) is 90.9 Å². The van der Waals surface area contributed by atoms with Crippen molar-refractivity contribution in [2.45, 2.75) is 90.9 Å². The molecule has 0 radical (unpaired) electrons. The van der Waals surface area contributed by atoms with Crippen LogP contribution in [-0.4, -0.2) is 25.2 Å². The van der Waals surface area contributed by atoms with Gasteiger partial charge < -0.3 is 9.47 Å². The average molecular weight is 565 g/mol. The number of ether oxygens (including phenoxy) is 2. The lowest BCUT2D eigenvalue weighted by atomic mass is 10.1. The van der Waals surface area contributed by atoms with Crippen LogP contribution in [0.5, 0.6) is 0 Å². The van der Waals surface area contributed by atoms with E-state index in [1.165, 1.54) is 85.6 Å². The van der Waals surface area contributed by atoms with Crippen LogP contribution in [0.3, 0.4) is 0 Å². The molecule has 0 saturated carbocycles. The summed E-state index contributed by atoms with van der Waals surface area (Å²) >= 11 is 5.29. The van der Waals surface area contributed by atoms with Crippen LogP contribution in [-0.2, 0) is 19.1 Å². The maximum absolute atomic E-state index is 12.9. The Bertz CT molecular complexity index is 878. The van der Waals surface area contributed by atoms with Gasteiger partial charge in [-0.1, -0.05) is 137 Å². The Kier molecular flexibility index (Phi) is 15.5. The van der Waals surface area contributed by atoms with Crippen molar-refractivity contribution < 1.29 is 19.1 Å². The molecule has 0 atom stereocenters. The van der Waals surface area contributed by atoms with Crippen molar-refractivity contribution >= 4 is 59.0 Å². The third-order valence-electron chi connectivity index (χ3n) is 5.45. The second kappa shape index (κ2) is 18.0. The molecule has 2 aliphatic heterocycles. The van der Waals surface area contributed by atoms with Crippen LogP contribution >= 0.6 is 47.0 Å². The smallest absolute Gasteiger partial charge is 0.346 e. The number of unbranched alkanes of at least 4 members (excludes halogenated alkanes) is 10. The number of hydrogen-bond acceptors (Lipinski definition) is 8. The summed E-state index contributed by atoms with van der Waals surface area (Å²) in [6.45, 7) is 5.07. The van der Waals surface area contributed by atoms with E-state index in [-0.39, 0.29) is 0 Å². The molecule has 0 aromatic rings. The summed E-state index contributed by atoms with van der Waals surface area (Å²) in [4.78, 5) is 27.8. The standard InChI is InChI=1S/C28H36O4S4/c1-5-9-11-13-15-17-19-31-25(29)23-24(26(30)32-20-18-16-14-12-10-6-2)36-28(35-23)27-33-21(7-3)22(8-4)34-27/h3-4H,5-6,9-20H2,1-2H3. The SMILES string of the molecule is C#CC1=C(C#C)SC(=C2SC(C(=O)OCCCCCCCC)=C(C(=O)OCCCCCCCC)S2)S1. The van der Waals surface area contributed by atoms with E-state index >= 15 is 0 Å². The predicted octanol–water partition coefficient (Wildman–Crippen LogP) is 8.57. The molecule has 0 amide bonds. The van der Waals surface area contributed by atoms with Crippen LogP contribution < -0.4 is 0 Å². The highest BCUT2D eigenvalue weighted by Crippen LogP contribution is 2.59. The van der Waals surface area contributed by atoms with Crippen LogP contribution in [0.2, 0.25) is 0 Å². The number of thioether (sulfide) groups is 4. The van der Waals surface area contributed by atoms with Crippen molar-refractivity contribution in [3.8, 4) is 24.7 Å². The lowest BCUT2D eigenvalue weighted by Gasteiger charge is -2.07. The zero-order chi connectivity index (χ0) is 26.2. The molecule has 0 spiro atoms. The largest absolute Gasteiger partial charge is 0.462 e. The van der Waals surface area contributed by atoms with E-state index < -0.39 is 11.9 Å². The molecule has 0 bridgehead atoms.